The van der Waals surface area contributed by atoms with Gasteiger partial charge in [0.2, 0.25) is 18.2 Å². The number of Topliss-reactive ketones (excluding diaryl/α,β-unsaturated/α-hetero) is 1. The molecular weight excluding hydrogens is 264 g/mol. The molecule has 106 valence electrons. The SMILES string of the molecule is O=C1CCCc2cc(C(=O)C[n+]3ccccc3)ccc2N1. The number of rotatable bonds is 3. The molecule has 0 radical (unpaired) electrons. The first-order valence-corrected chi connectivity index (χ1v) is 7.12. The molecule has 0 saturated carbocycles. The van der Waals surface area contributed by atoms with Gasteiger partial charge in [0.15, 0.2) is 12.4 Å². The van der Waals surface area contributed by atoms with Crippen LogP contribution in [0, 0.1) is 0 Å². The number of aromatic nitrogens is 1. The normalized spacial score (nSPS) is 14.0. The first kappa shape index (κ1) is 13.5. The predicted octanol–water partition coefficient (Wildman–Crippen LogP) is 2.13. The lowest BCUT2D eigenvalue weighted by molar-refractivity contribution is -0.683. The number of hydrogen-bond donors (Lipinski definition) is 1. The van der Waals surface area contributed by atoms with E-state index in [0.717, 1.165) is 24.1 Å². The Balaban J connectivity index is 1.81. The minimum absolute atomic E-state index is 0.0488. The third kappa shape index (κ3) is 3.16. The Bertz CT molecular complexity index is 680. The Morgan fingerprint density at radius 1 is 1.14 bits per heavy atom. The van der Waals surface area contributed by atoms with Crippen molar-refractivity contribution < 1.29 is 14.2 Å². The van der Waals surface area contributed by atoms with Crippen molar-refractivity contribution in [2.75, 3.05) is 5.32 Å². The second-order valence-electron chi connectivity index (χ2n) is 5.24. The van der Waals surface area contributed by atoms with Gasteiger partial charge in [0.05, 0.1) is 0 Å². The lowest BCUT2D eigenvalue weighted by Crippen LogP contribution is -2.36. The third-order valence-corrected chi connectivity index (χ3v) is 3.65. The Kier molecular flexibility index (Phi) is 3.77. The Hall–Kier alpha value is -2.49. The fourth-order valence-corrected chi connectivity index (χ4v) is 2.54. The van der Waals surface area contributed by atoms with Crippen LogP contribution in [0.5, 0.6) is 0 Å². The number of nitrogens with zero attached hydrogens (tertiary/aromatic N) is 1. The molecule has 0 atom stereocenters. The maximum atomic E-state index is 12.3. The molecule has 1 N–H and O–H groups in total. The van der Waals surface area contributed by atoms with Gasteiger partial charge in [-0.25, -0.2) is 0 Å². The van der Waals surface area contributed by atoms with Gasteiger partial charge in [-0.3, -0.25) is 9.59 Å². The van der Waals surface area contributed by atoms with Gasteiger partial charge in [-0.05, 0) is 36.6 Å². The van der Waals surface area contributed by atoms with E-state index in [0.29, 0.717) is 18.5 Å². The molecule has 0 aliphatic carbocycles. The number of aryl methyl sites for hydroxylation is 1. The average molecular weight is 281 g/mol. The Morgan fingerprint density at radius 3 is 2.76 bits per heavy atom. The van der Waals surface area contributed by atoms with Crippen molar-refractivity contribution >= 4 is 17.4 Å². The minimum atomic E-state index is 0.0488. The summed E-state index contributed by atoms with van der Waals surface area (Å²) in [6.45, 7) is 0.325. The van der Waals surface area contributed by atoms with Gasteiger partial charge in [0.1, 0.15) is 0 Å². The highest BCUT2D eigenvalue weighted by Crippen LogP contribution is 2.23. The van der Waals surface area contributed by atoms with Gasteiger partial charge in [0.25, 0.3) is 0 Å². The van der Waals surface area contributed by atoms with Crippen LogP contribution in [0.2, 0.25) is 0 Å². The van der Waals surface area contributed by atoms with Crippen LogP contribution in [0.25, 0.3) is 0 Å². The highest BCUT2D eigenvalue weighted by atomic mass is 16.1. The maximum Gasteiger partial charge on any atom is 0.227 e. The van der Waals surface area contributed by atoms with E-state index in [9.17, 15) is 9.59 Å². The lowest BCUT2D eigenvalue weighted by Gasteiger charge is -2.08. The summed E-state index contributed by atoms with van der Waals surface area (Å²) in [5.74, 6) is 0.122. The van der Waals surface area contributed by atoms with E-state index >= 15 is 0 Å². The monoisotopic (exact) mass is 281 g/mol. The van der Waals surface area contributed by atoms with Crippen molar-refractivity contribution in [2.45, 2.75) is 25.8 Å². The summed E-state index contributed by atoms with van der Waals surface area (Å²) in [4.78, 5) is 23.9. The molecule has 0 saturated heterocycles. The van der Waals surface area contributed by atoms with Crippen molar-refractivity contribution in [3.8, 4) is 0 Å². The van der Waals surface area contributed by atoms with Crippen LogP contribution in [0.1, 0.15) is 28.8 Å². The van der Waals surface area contributed by atoms with E-state index in [1.165, 1.54) is 0 Å². The summed E-state index contributed by atoms with van der Waals surface area (Å²) in [7, 11) is 0. The second kappa shape index (κ2) is 5.87. The van der Waals surface area contributed by atoms with Gasteiger partial charge >= 0.3 is 0 Å². The van der Waals surface area contributed by atoms with Gasteiger partial charge in [-0.2, -0.15) is 4.57 Å². The quantitative estimate of drug-likeness (QED) is 0.692. The summed E-state index contributed by atoms with van der Waals surface area (Å²) in [6, 6.07) is 11.3. The Labute approximate surface area is 123 Å². The molecule has 3 rings (SSSR count). The third-order valence-electron chi connectivity index (χ3n) is 3.65. The molecular formula is C17H17N2O2+. The minimum Gasteiger partial charge on any atom is -0.326 e. The number of anilines is 1. The van der Waals surface area contributed by atoms with Crippen molar-refractivity contribution in [2.24, 2.45) is 0 Å². The highest BCUT2D eigenvalue weighted by Gasteiger charge is 2.17. The Morgan fingerprint density at radius 2 is 1.95 bits per heavy atom. The van der Waals surface area contributed by atoms with E-state index in [2.05, 4.69) is 5.32 Å². The molecule has 0 unspecified atom stereocenters. The number of benzene rings is 1. The lowest BCUT2D eigenvalue weighted by atomic mass is 10.0. The van der Waals surface area contributed by atoms with E-state index in [-0.39, 0.29) is 11.7 Å². The average Bonchev–Trinajstić information content (AvgIpc) is 2.68. The van der Waals surface area contributed by atoms with Crippen LogP contribution in [-0.4, -0.2) is 11.7 Å². The van der Waals surface area contributed by atoms with Gasteiger partial charge in [-0.1, -0.05) is 6.07 Å². The van der Waals surface area contributed by atoms with E-state index in [1.807, 2.05) is 47.3 Å². The topological polar surface area (TPSA) is 50.1 Å². The van der Waals surface area contributed by atoms with Crippen molar-refractivity contribution in [3.63, 3.8) is 0 Å². The maximum absolute atomic E-state index is 12.3. The van der Waals surface area contributed by atoms with Crippen LogP contribution >= 0.6 is 0 Å². The largest absolute Gasteiger partial charge is 0.326 e. The number of ketones is 1. The second-order valence-corrected chi connectivity index (χ2v) is 5.24. The van der Waals surface area contributed by atoms with Crippen LogP contribution in [-0.2, 0) is 17.8 Å². The molecule has 1 aromatic heterocycles. The van der Waals surface area contributed by atoms with Crippen LogP contribution < -0.4 is 9.88 Å². The van der Waals surface area contributed by atoms with Crippen LogP contribution in [0.3, 0.4) is 0 Å². The highest BCUT2D eigenvalue weighted by molar-refractivity contribution is 5.97. The fraction of sp³-hybridized carbons (Fsp3) is 0.235. The molecule has 1 aliphatic heterocycles. The number of hydrogen-bond acceptors (Lipinski definition) is 2. The molecule has 2 heterocycles. The standard InChI is InChI=1S/C17H16N2O2/c20-16(12-19-9-2-1-3-10-19)14-7-8-15-13(11-14)5-4-6-17(21)18-15/h1-3,7-11H,4-6,12H2/p+1. The van der Waals surface area contributed by atoms with E-state index < -0.39 is 0 Å². The number of amides is 1. The molecule has 4 nitrogen and oxygen atoms in total. The van der Waals surface area contributed by atoms with Gasteiger partial charge in [-0.15, -0.1) is 0 Å². The fourth-order valence-electron chi connectivity index (χ4n) is 2.54. The molecule has 0 spiro atoms. The first-order valence-electron chi connectivity index (χ1n) is 7.12. The van der Waals surface area contributed by atoms with Gasteiger partial charge < -0.3 is 5.32 Å². The predicted molar refractivity (Wildman–Crippen MR) is 79.0 cm³/mol. The van der Waals surface area contributed by atoms with Crippen molar-refractivity contribution in [3.05, 3.63) is 59.9 Å². The molecule has 21 heavy (non-hydrogen) atoms. The number of pyridine rings is 1. The summed E-state index contributed by atoms with van der Waals surface area (Å²) in [5.41, 5.74) is 2.58. The van der Waals surface area contributed by atoms with E-state index in [1.54, 1.807) is 6.07 Å². The molecule has 0 bridgehead atoms. The smallest absolute Gasteiger partial charge is 0.227 e. The number of nitrogens with one attached hydrogen (secondary N) is 1. The van der Waals surface area contributed by atoms with Crippen molar-refractivity contribution in [1.29, 1.82) is 0 Å². The van der Waals surface area contributed by atoms with Crippen LogP contribution in [0.15, 0.2) is 48.8 Å². The summed E-state index contributed by atoms with van der Waals surface area (Å²) < 4.78 is 1.86. The zero-order chi connectivity index (χ0) is 14.7. The summed E-state index contributed by atoms with van der Waals surface area (Å²) in [5, 5.41) is 2.88. The molecule has 4 heteroatoms. The molecule has 1 aromatic carbocycles. The molecule has 2 aromatic rings. The molecule has 0 fully saturated rings. The molecule has 1 amide bonds. The summed E-state index contributed by atoms with van der Waals surface area (Å²) >= 11 is 0. The molecule has 1 aliphatic rings. The van der Waals surface area contributed by atoms with Crippen molar-refractivity contribution in [1.82, 2.24) is 0 Å². The first-order chi connectivity index (χ1) is 10.2. The van der Waals surface area contributed by atoms with Gasteiger partial charge in [0, 0.05) is 29.8 Å². The zero-order valence-corrected chi connectivity index (χ0v) is 11.7. The zero-order valence-electron chi connectivity index (χ0n) is 11.7. The van der Waals surface area contributed by atoms with E-state index in [4.69, 9.17) is 0 Å². The van der Waals surface area contributed by atoms with Crippen LogP contribution in [0.4, 0.5) is 5.69 Å². The summed E-state index contributed by atoms with van der Waals surface area (Å²) in [6.07, 6.45) is 5.94. The number of fused-ring (bicyclic) bond motifs is 1. The number of carbonyl (C=O) groups is 2. The number of carbonyl (C=O) groups excluding carboxylic acids is 2.